The van der Waals surface area contributed by atoms with Crippen LogP contribution in [0.4, 0.5) is 5.69 Å². The molecule has 1 aromatic carbocycles. The molecule has 66 valence electrons. The number of benzene rings is 1. The lowest BCUT2D eigenvalue weighted by Gasteiger charge is -2.07. The van der Waals surface area contributed by atoms with Crippen LogP contribution in [0.25, 0.3) is 0 Å². The fourth-order valence-corrected chi connectivity index (χ4v) is 1.30. The Morgan fingerprint density at radius 3 is 2.85 bits per heavy atom. The first-order valence-corrected chi connectivity index (χ1v) is 4.40. The standard InChI is InChI=1S/C9H7ClN2S/c1-6-3-2-4-7(10)9(6)12-8(13)5-11/h2-4H,1H3,(H,12,13). The predicted molar refractivity (Wildman–Crippen MR) is 58.0 cm³/mol. The molecular weight excluding hydrogens is 204 g/mol. The van der Waals surface area contributed by atoms with Crippen LogP contribution in [0.3, 0.4) is 0 Å². The molecule has 0 aliphatic carbocycles. The molecular formula is C9H7ClN2S. The third-order valence-corrected chi connectivity index (χ3v) is 2.07. The van der Waals surface area contributed by atoms with Crippen molar-refractivity contribution < 1.29 is 0 Å². The predicted octanol–water partition coefficient (Wildman–Crippen LogP) is 2.91. The van der Waals surface area contributed by atoms with Gasteiger partial charge in [0.2, 0.25) is 0 Å². The van der Waals surface area contributed by atoms with Gasteiger partial charge in [-0.25, -0.2) is 0 Å². The van der Waals surface area contributed by atoms with Crippen LogP contribution in [-0.2, 0) is 0 Å². The van der Waals surface area contributed by atoms with E-state index < -0.39 is 0 Å². The Bertz CT molecular complexity index is 361. The molecule has 0 heterocycles. The van der Waals surface area contributed by atoms with Gasteiger partial charge in [0, 0.05) is 0 Å². The monoisotopic (exact) mass is 210 g/mol. The fourth-order valence-electron chi connectivity index (χ4n) is 0.932. The van der Waals surface area contributed by atoms with Crippen molar-refractivity contribution in [2.24, 2.45) is 0 Å². The van der Waals surface area contributed by atoms with E-state index in [1.54, 1.807) is 6.07 Å². The Labute approximate surface area is 87.1 Å². The molecule has 4 heteroatoms. The zero-order chi connectivity index (χ0) is 9.84. The number of hydrogen-bond donors (Lipinski definition) is 1. The largest absolute Gasteiger partial charge is 0.336 e. The van der Waals surface area contributed by atoms with Gasteiger partial charge in [0.1, 0.15) is 6.07 Å². The molecule has 0 aliphatic rings. The number of thiocarbonyl (C=S) groups is 1. The summed E-state index contributed by atoms with van der Waals surface area (Å²) >= 11 is 10.6. The second-order valence-electron chi connectivity index (χ2n) is 2.50. The van der Waals surface area contributed by atoms with E-state index in [0.717, 1.165) is 5.56 Å². The van der Waals surface area contributed by atoms with Crippen molar-refractivity contribution >= 4 is 34.5 Å². The van der Waals surface area contributed by atoms with E-state index in [0.29, 0.717) is 10.7 Å². The summed E-state index contributed by atoms with van der Waals surface area (Å²) in [5.41, 5.74) is 1.67. The maximum absolute atomic E-state index is 8.48. The Hall–Kier alpha value is -1.11. The lowest BCUT2D eigenvalue weighted by Crippen LogP contribution is -2.07. The Morgan fingerprint density at radius 2 is 2.31 bits per heavy atom. The van der Waals surface area contributed by atoms with Crippen LogP contribution in [0, 0.1) is 18.3 Å². The van der Waals surface area contributed by atoms with E-state index in [1.165, 1.54) is 0 Å². The highest BCUT2D eigenvalue weighted by Crippen LogP contribution is 2.24. The van der Waals surface area contributed by atoms with E-state index >= 15 is 0 Å². The normalized spacial score (nSPS) is 9.00. The number of anilines is 1. The van der Waals surface area contributed by atoms with Crippen molar-refractivity contribution in [3.63, 3.8) is 0 Å². The molecule has 0 spiro atoms. The molecule has 0 amide bonds. The molecule has 1 rings (SSSR count). The van der Waals surface area contributed by atoms with Crippen LogP contribution in [0.2, 0.25) is 5.02 Å². The SMILES string of the molecule is Cc1cccc(Cl)c1NC(=S)C#N. The minimum absolute atomic E-state index is 0.121. The van der Waals surface area contributed by atoms with E-state index in [9.17, 15) is 0 Å². The van der Waals surface area contributed by atoms with E-state index in [1.807, 2.05) is 25.1 Å². The van der Waals surface area contributed by atoms with Gasteiger partial charge in [-0.15, -0.1) is 0 Å². The number of nitrogens with zero attached hydrogens (tertiary/aromatic N) is 1. The zero-order valence-electron chi connectivity index (χ0n) is 6.97. The Balaban J connectivity index is 3.01. The topological polar surface area (TPSA) is 35.8 Å². The Kier molecular flexibility index (Phi) is 3.24. The summed E-state index contributed by atoms with van der Waals surface area (Å²) < 4.78 is 0. The van der Waals surface area contributed by atoms with Crippen LogP contribution >= 0.6 is 23.8 Å². The van der Waals surface area contributed by atoms with E-state index in [4.69, 9.17) is 29.1 Å². The second-order valence-corrected chi connectivity index (χ2v) is 3.31. The third-order valence-electron chi connectivity index (χ3n) is 1.56. The summed E-state index contributed by atoms with van der Waals surface area (Å²) in [5.74, 6) is 0. The zero-order valence-corrected chi connectivity index (χ0v) is 8.54. The van der Waals surface area contributed by atoms with Gasteiger partial charge in [-0.3, -0.25) is 0 Å². The van der Waals surface area contributed by atoms with Gasteiger partial charge in [0.25, 0.3) is 0 Å². The van der Waals surface area contributed by atoms with Gasteiger partial charge in [-0.05, 0) is 30.8 Å². The van der Waals surface area contributed by atoms with Crippen molar-refractivity contribution in [1.82, 2.24) is 0 Å². The van der Waals surface area contributed by atoms with Gasteiger partial charge < -0.3 is 5.32 Å². The molecule has 0 atom stereocenters. The summed E-state index contributed by atoms with van der Waals surface area (Å²) in [6.45, 7) is 1.90. The molecule has 2 nitrogen and oxygen atoms in total. The number of hydrogen-bond acceptors (Lipinski definition) is 2. The quantitative estimate of drug-likeness (QED) is 0.724. The second kappa shape index (κ2) is 4.22. The summed E-state index contributed by atoms with van der Waals surface area (Å²) in [6, 6.07) is 7.32. The first-order valence-electron chi connectivity index (χ1n) is 3.61. The average molecular weight is 211 g/mol. The maximum Gasteiger partial charge on any atom is 0.182 e. The van der Waals surface area contributed by atoms with Gasteiger partial charge in [-0.2, -0.15) is 5.26 Å². The molecule has 0 aromatic heterocycles. The smallest absolute Gasteiger partial charge is 0.182 e. The number of aryl methyl sites for hydroxylation is 1. The fraction of sp³-hybridized carbons (Fsp3) is 0.111. The van der Waals surface area contributed by atoms with Crippen molar-refractivity contribution in [3.8, 4) is 6.07 Å². The summed E-state index contributed by atoms with van der Waals surface area (Å²) in [6.07, 6.45) is 0. The lowest BCUT2D eigenvalue weighted by atomic mass is 10.2. The van der Waals surface area contributed by atoms with Crippen molar-refractivity contribution in [2.75, 3.05) is 5.32 Å². The van der Waals surface area contributed by atoms with E-state index in [-0.39, 0.29) is 4.99 Å². The minimum Gasteiger partial charge on any atom is -0.336 e. The van der Waals surface area contributed by atoms with Crippen molar-refractivity contribution in [2.45, 2.75) is 6.92 Å². The van der Waals surface area contributed by atoms with Crippen LogP contribution in [0.1, 0.15) is 5.56 Å². The van der Waals surface area contributed by atoms with Gasteiger partial charge in [0.15, 0.2) is 4.99 Å². The highest BCUT2D eigenvalue weighted by Gasteiger charge is 2.04. The number of halogens is 1. The first-order chi connectivity index (χ1) is 6.15. The lowest BCUT2D eigenvalue weighted by molar-refractivity contribution is 1.46. The number of nitriles is 1. The molecule has 0 unspecified atom stereocenters. The maximum atomic E-state index is 8.48. The summed E-state index contributed by atoms with van der Waals surface area (Å²) in [4.78, 5) is 0.121. The molecule has 0 bridgehead atoms. The number of nitrogens with one attached hydrogen (secondary N) is 1. The highest BCUT2D eigenvalue weighted by molar-refractivity contribution is 7.81. The molecule has 0 aliphatic heterocycles. The van der Waals surface area contributed by atoms with Crippen LogP contribution in [-0.4, -0.2) is 4.99 Å². The minimum atomic E-state index is 0.121. The van der Waals surface area contributed by atoms with Gasteiger partial charge >= 0.3 is 0 Å². The number of para-hydroxylation sites is 1. The van der Waals surface area contributed by atoms with Gasteiger partial charge in [-0.1, -0.05) is 23.7 Å². The molecule has 1 aromatic rings. The van der Waals surface area contributed by atoms with Crippen LogP contribution < -0.4 is 5.32 Å². The number of rotatable bonds is 1. The van der Waals surface area contributed by atoms with Crippen LogP contribution in [0.5, 0.6) is 0 Å². The van der Waals surface area contributed by atoms with Crippen molar-refractivity contribution in [1.29, 1.82) is 5.26 Å². The van der Waals surface area contributed by atoms with Crippen LogP contribution in [0.15, 0.2) is 18.2 Å². The molecule has 0 fully saturated rings. The van der Waals surface area contributed by atoms with E-state index in [2.05, 4.69) is 5.32 Å². The average Bonchev–Trinajstić information content (AvgIpc) is 2.11. The Morgan fingerprint density at radius 1 is 1.62 bits per heavy atom. The first kappa shape index (κ1) is 9.97. The molecule has 0 saturated carbocycles. The molecule has 13 heavy (non-hydrogen) atoms. The molecule has 0 radical (unpaired) electrons. The van der Waals surface area contributed by atoms with Crippen molar-refractivity contribution in [3.05, 3.63) is 28.8 Å². The molecule has 1 N–H and O–H groups in total. The third kappa shape index (κ3) is 2.41. The highest BCUT2D eigenvalue weighted by atomic mass is 35.5. The molecule has 0 saturated heterocycles. The summed E-state index contributed by atoms with van der Waals surface area (Å²) in [5, 5.41) is 11.8. The summed E-state index contributed by atoms with van der Waals surface area (Å²) in [7, 11) is 0. The van der Waals surface area contributed by atoms with Gasteiger partial charge in [0.05, 0.1) is 10.7 Å².